The molecule has 0 radical (unpaired) electrons. The average molecular weight is 243 g/mol. The van der Waals surface area contributed by atoms with E-state index in [1.807, 2.05) is 0 Å². The third-order valence-electron chi connectivity index (χ3n) is 3.21. The number of carboxylic acids is 1. The molecule has 0 spiro atoms. The maximum absolute atomic E-state index is 11.4. The van der Waals surface area contributed by atoms with E-state index in [4.69, 9.17) is 9.84 Å². The van der Waals surface area contributed by atoms with Crippen molar-refractivity contribution in [2.45, 2.75) is 51.7 Å². The monoisotopic (exact) mass is 243 g/mol. The summed E-state index contributed by atoms with van der Waals surface area (Å²) >= 11 is 0. The molecule has 0 bridgehead atoms. The third kappa shape index (κ3) is 4.73. The Morgan fingerprint density at radius 2 is 2.06 bits per heavy atom. The van der Waals surface area contributed by atoms with Gasteiger partial charge in [-0.2, -0.15) is 0 Å². The van der Waals surface area contributed by atoms with Gasteiger partial charge in [-0.15, -0.1) is 0 Å². The van der Waals surface area contributed by atoms with Crippen LogP contribution in [0.25, 0.3) is 0 Å². The fourth-order valence-electron chi connectivity index (χ4n) is 2.06. The van der Waals surface area contributed by atoms with Crippen LogP contribution in [0.15, 0.2) is 0 Å². The molecule has 1 fully saturated rings. The second-order valence-electron chi connectivity index (χ2n) is 4.74. The van der Waals surface area contributed by atoms with Crippen molar-refractivity contribution in [2.24, 2.45) is 5.92 Å². The first-order chi connectivity index (χ1) is 8.00. The fourth-order valence-corrected chi connectivity index (χ4v) is 2.06. The zero-order chi connectivity index (χ0) is 12.8. The molecule has 1 saturated carbocycles. The highest BCUT2D eigenvalue weighted by Gasteiger charge is 2.23. The summed E-state index contributed by atoms with van der Waals surface area (Å²) in [6.07, 6.45) is 4.63. The minimum atomic E-state index is -1.04. The van der Waals surface area contributed by atoms with Gasteiger partial charge in [0.05, 0.1) is 6.10 Å². The number of carbonyl (C=O) groups excluding carboxylic acids is 1. The SMILES string of the molecule is CC1CCCCC1OCC(=O)N[C@H](C)C(=O)O. The molecule has 0 aromatic carbocycles. The molecule has 0 heterocycles. The number of amides is 1. The van der Waals surface area contributed by atoms with Crippen LogP contribution in [-0.4, -0.2) is 35.7 Å². The van der Waals surface area contributed by atoms with Crippen LogP contribution < -0.4 is 5.32 Å². The van der Waals surface area contributed by atoms with Crippen LogP contribution in [0.1, 0.15) is 39.5 Å². The predicted molar refractivity (Wildman–Crippen MR) is 62.6 cm³/mol. The summed E-state index contributed by atoms with van der Waals surface area (Å²) < 4.78 is 5.53. The van der Waals surface area contributed by atoms with Crippen LogP contribution in [0.2, 0.25) is 0 Å². The Hall–Kier alpha value is -1.10. The maximum Gasteiger partial charge on any atom is 0.325 e. The van der Waals surface area contributed by atoms with Gasteiger partial charge in [-0.05, 0) is 25.7 Å². The number of rotatable bonds is 5. The van der Waals surface area contributed by atoms with Crippen LogP contribution in [0.3, 0.4) is 0 Å². The zero-order valence-electron chi connectivity index (χ0n) is 10.4. The van der Waals surface area contributed by atoms with E-state index in [2.05, 4.69) is 12.2 Å². The van der Waals surface area contributed by atoms with Crippen LogP contribution in [0.5, 0.6) is 0 Å². The van der Waals surface area contributed by atoms with E-state index in [0.717, 1.165) is 19.3 Å². The first-order valence-corrected chi connectivity index (χ1v) is 6.14. The van der Waals surface area contributed by atoms with E-state index < -0.39 is 12.0 Å². The Morgan fingerprint density at radius 1 is 1.41 bits per heavy atom. The predicted octanol–water partition coefficient (Wildman–Crippen LogP) is 1.17. The van der Waals surface area contributed by atoms with E-state index in [9.17, 15) is 9.59 Å². The summed E-state index contributed by atoms with van der Waals surface area (Å²) in [7, 11) is 0. The van der Waals surface area contributed by atoms with E-state index in [0.29, 0.717) is 5.92 Å². The van der Waals surface area contributed by atoms with Crippen molar-refractivity contribution in [3.8, 4) is 0 Å². The maximum atomic E-state index is 11.4. The van der Waals surface area contributed by atoms with Crippen molar-refractivity contribution in [2.75, 3.05) is 6.61 Å². The number of carbonyl (C=O) groups is 2. The highest BCUT2D eigenvalue weighted by atomic mass is 16.5. The molecule has 0 saturated heterocycles. The smallest absolute Gasteiger partial charge is 0.325 e. The Labute approximate surface area is 102 Å². The largest absolute Gasteiger partial charge is 0.480 e. The summed E-state index contributed by atoms with van der Waals surface area (Å²) in [5, 5.41) is 11.0. The van der Waals surface area contributed by atoms with Crippen molar-refractivity contribution in [1.82, 2.24) is 5.32 Å². The van der Waals surface area contributed by atoms with E-state index in [1.165, 1.54) is 13.3 Å². The van der Waals surface area contributed by atoms with Crippen molar-refractivity contribution in [3.05, 3.63) is 0 Å². The Bertz CT molecular complexity index is 280. The number of ether oxygens (including phenoxy) is 1. The summed E-state index contributed by atoms with van der Waals surface area (Å²) in [5.41, 5.74) is 0. The number of carboxylic acid groups (broad SMARTS) is 1. The number of nitrogens with one attached hydrogen (secondary N) is 1. The van der Waals surface area contributed by atoms with Crippen molar-refractivity contribution >= 4 is 11.9 Å². The zero-order valence-corrected chi connectivity index (χ0v) is 10.4. The number of hydrogen-bond acceptors (Lipinski definition) is 3. The lowest BCUT2D eigenvalue weighted by Gasteiger charge is -2.28. The highest BCUT2D eigenvalue weighted by molar-refractivity contribution is 5.83. The molecule has 0 aromatic rings. The Kier molecular flexibility index (Phi) is 5.41. The third-order valence-corrected chi connectivity index (χ3v) is 3.21. The van der Waals surface area contributed by atoms with Crippen LogP contribution in [0, 0.1) is 5.92 Å². The lowest BCUT2D eigenvalue weighted by Crippen LogP contribution is -2.41. The molecule has 1 rings (SSSR count). The first kappa shape index (κ1) is 14.0. The molecule has 0 aromatic heterocycles. The Morgan fingerprint density at radius 3 is 2.65 bits per heavy atom. The van der Waals surface area contributed by atoms with Gasteiger partial charge in [-0.1, -0.05) is 19.8 Å². The molecule has 5 nitrogen and oxygen atoms in total. The summed E-state index contributed by atoms with van der Waals surface area (Å²) in [6, 6.07) is -0.866. The molecule has 1 aliphatic rings. The topological polar surface area (TPSA) is 75.6 Å². The highest BCUT2D eigenvalue weighted by Crippen LogP contribution is 2.25. The lowest BCUT2D eigenvalue weighted by atomic mass is 9.88. The minimum Gasteiger partial charge on any atom is -0.480 e. The molecular weight excluding hydrogens is 222 g/mol. The minimum absolute atomic E-state index is 0.0490. The van der Waals surface area contributed by atoms with Gasteiger partial charge in [0.1, 0.15) is 12.6 Å². The van der Waals surface area contributed by atoms with Gasteiger partial charge in [0, 0.05) is 0 Å². The summed E-state index contributed by atoms with van der Waals surface area (Å²) in [5.74, 6) is -0.921. The van der Waals surface area contributed by atoms with E-state index in [-0.39, 0.29) is 18.6 Å². The molecule has 0 aliphatic heterocycles. The molecule has 2 unspecified atom stereocenters. The second kappa shape index (κ2) is 6.59. The standard InChI is InChI=1S/C12H21NO4/c1-8-5-3-4-6-10(8)17-7-11(14)13-9(2)12(15)16/h8-10H,3-7H2,1-2H3,(H,13,14)(H,15,16)/t8?,9-,10?/m1/s1. The van der Waals surface area contributed by atoms with Crippen LogP contribution in [0.4, 0.5) is 0 Å². The average Bonchev–Trinajstić information content (AvgIpc) is 2.27. The van der Waals surface area contributed by atoms with Crippen molar-refractivity contribution in [1.29, 1.82) is 0 Å². The van der Waals surface area contributed by atoms with Gasteiger partial charge < -0.3 is 15.2 Å². The van der Waals surface area contributed by atoms with Gasteiger partial charge in [-0.3, -0.25) is 9.59 Å². The Balaban J connectivity index is 2.25. The number of aliphatic carboxylic acids is 1. The molecule has 98 valence electrons. The van der Waals surface area contributed by atoms with Gasteiger partial charge in [0.2, 0.25) is 5.91 Å². The summed E-state index contributed by atoms with van der Waals surface area (Å²) in [6.45, 7) is 3.51. The van der Waals surface area contributed by atoms with Gasteiger partial charge in [-0.25, -0.2) is 0 Å². The molecule has 5 heteroatoms. The van der Waals surface area contributed by atoms with Gasteiger partial charge in [0.15, 0.2) is 0 Å². The lowest BCUT2D eigenvalue weighted by molar-refractivity contribution is -0.142. The molecular formula is C12H21NO4. The molecule has 1 aliphatic carbocycles. The van der Waals surface area contributed by atoms with E-state index in [1.54, 1.807) is 0 Å². The van der Waals surface area contributed by atoms with Crippen LogP contribution in [-0.2, 0) is 14.3 Å². The molecule has 17 heavy (non-hydrogen) atoms. The summed E-state index contributed by atoms with van der Waals surface area (Å²) in [4.78, 5) is 21.9. The van der Waals surface area contributed by atoms with Crippen LogP contribution >= 0.6 is 0 Å². The molecule has 2 N–H and O–H groups in total. The van der Waals surface area contributed by atoms with Crippen molar-refractivity contribution in [3.63, 3.8) is 0 Å². The molecule has 3 atom stereocenters. The second-order valence-corrected chi connectivity index (χ2v) is 4.74. The quantitative estimate of drug-likeness (QED) is 0.760. The molecule has 1 amide bonds. The van der Waals surface area contributed by atoms with Crippen molar-refractivity contribution < 1.29 is 19.4 Å². The fraction of sp³-hybridized carbons (Fsp3) is 0.833. The van der Waals surface area contributed by atoms with Gasteiger partial charge in [0.25, 0.3) is 0 Å². The van der Waals surface area contributed by atoms with E-state index >= 15 is 0 Å². The first-order valence-electron chi connectivity index (χ1n) is 6.14. The normalized spacial score (nSPS) is 26.2. The van der Waals surface area contributed by atoms with Gasteiger partial charge >= 0.3 is 5.97 Å². The number of hydrogen-bond donors (Lipinski definition) is 2.